The molecule has 0 bridgehead atoms. The lowest BCUT2D eigenvalue weighted by atomic mass is 9.84. The number of β-lactam (4-membered cyclic amide) rings is 1. The molecule has 6 heteroatoms. The summed E-state index contributed by atoms with van der Waals surface area (Å²) < 4.78 is 17.4. The van der Waals surface area contributed by atoms with Crippen LogP contribution in [-0.4, -0.2) is 36.7 Å². The van der Waals surface area contributed by atoms with Gasteiger partial charge in [-0.05, 0) is 79.0 Å². The quantitative estimate of drug-likeness (QED) is 0.363. The summed E-state index contributed by atoms with van der Waals surface area (Å²) in [4.78, 5) is 15.6. The third-order valence-corrected chi connectivity index (χ3v) is 9.63. The molecule has 3 fully saturated rings. The average Bonchev–Trinajstić information content (AvgIpc) is 3.34. The molecular formula is C27H32BrNO4. The number of rotatable bonds is 6. The Bertz CT molecular complexity index is 1040. The van der Waals surface area contributed by atoms with E-state index < -0.39 is 6.10 Å². The molecule has 0 radical (unpaired) electrons. The number of alkyl halides is 1. The minimum absolute atomic E-state index is 0.000842. The molecule has 33 heavy (non-hydrogen) atoms. The largest absolute Gasteiger partial charge is 0.497 e. The van der Waals surface area contributed by atoms with E-state index >= 15 is 0 Å². The summed E-state index contributed by atoms with van der Waals surface area (Å²) in [6.07, 6.45) is 1.54. The summed E-state index contributed by atoms with van der Waals surface area (Å²) in [6.45, 7) is 6.88. The van der Waals surface area contributed by atoms with Crippen LogP contribution in [0.15, 0.2) is 48.5 Å². The standard InChI is InChI=1S/C27H32BrNO4/c1-26(2)20-14-22(28)27(3,15-21(20)26)33-24-23(16-6-10-18(31-4)11-7-16)29(25(24)30)17-8-12-19(32-5)13-9-17/h6-13,20-24H,14-15H2,1-5H3/t20-,21+,22-,23+,24-,27-/m1/s1. The van der Waals surface area contributed by atoms with Crippen molar-refractivity contribution in [3.8, 4) is 11.5 Å². The highest BCUT2D eigenvalue weighted by molar-refractivity contribution is 9.09. The number of anilines is 1. The summed E-state index contributed by atoms with van der Waals surface area (Å²) in [6, 6.07) is 15.4. The first kappa shape index (κ1) is 22.7. The molecule has 3 aliphatic rings. The predicted molar refractivity (Wildman–Crippen MR) is 132 cm³/mol. The molecule has 2 saturated carbocycles. The van der Waals surface area contributed by atoms with Crippen molar-refractivity contribution in [1.82, 2.24) is 0 Å². The molecule has 176 valence electrons. The molecule has 0 unspecified atom stereocenters. The number of carbonyl (C=O) groups is 1. The van der Waals surface area contributed by atoms with Gasteiger partial charge in [-0.15, -0.1) is 0 Å². The van der Waals surface area contributed by atoms with Gasteiger partial charge in [-0.1, -0.05) is 41.9 Å². The third kappa shape index (κ3) is 3.66. The smallest absolute Gasteiger partial charge is 0.259 e. The Balaban J connectivity index is 1.44. The minimum atomic E-state index is -0.524. The van der Waals surface area contributed by atoms with Crippen LogP contribution in [0.25, 0.3) is 0 Å². The maximum Gasteiger partial charge on any atom is 0.259 e. The van der Waals surface area contributed by atoms with Gasteiger partial charge in [0.2, 0.25) is 0 Å². The van der Waals surface area contributed by atoms with Gasteiger partial charge in [-0.3, -0.25) is 9.69 Å². The van der Waals surface area contributed by atoms with Crippen molar-refractivity contribution in [1.29, 1.82) is 0 Å². The minimum Gasteiger partial charge on any atom is -0.497 e. The van der Waals surface area contributed by atoms with Crippen LogP contribution in [0.4, 0.5) is 5.69 Å². The maximum atomic E-state index is 13.5. The van der Waals surface area contributed by atoms with Gasteiger partial charge in [0.25, 0.3) is 5.91 Å². The Labute approximate surface area is 204 Å². The molecule has 6 atom stereocenters. The van der Waals surface area contributed by atoms with Crippen LogP contribution in [0.2, 0.25) is 0 Å². The van der Waals surface area contributed by atoms with E-state index in [-0.39, 0.29) is 22.4 Å². The van der Waals surface area contributed by atoms with E-state index in [4.69, 9.17) is 14.2 Å². The summed E-state index contributed by atoms with van der Waals surface area (Å²) in [7, 11) is 3.30. The van der Waals surface area contributed by atoms with Crippen molar-refractivity contribution < 1.29 is 19.0 Å². The summed E-state index contributed by atoms with van der Waals surface area (Å²) in [5.41, 5.74) is 1.85. The number of amides is 1. The van der Waals surface area contributed by atoms with Gasteiger partial charge in [0, 0.05) is 10.5 Å². The zero-order chi connectivity index (χ0) is 23.5. The van der Waals surface area contributed by atoms with Crippen LogP contribution in [0.3, 0.4) is 0 Å². The monoisotopic (exact) mass is 513 g/mol. The highest BCUT2D eigenvalue weighted by Gasteiger charge is 2.65. The normalized spacial score (nSPS) is 34.3. The molecule has 1 amide bonds. The van der Waals surface area contributed by atoms with E-state index in [9.17, 15) is 4.79 Å². The van der Waals surface area contributed by atoms with E-state index in [1.54, 1.807) is 14.2 Å². The SMILES string of the molecule is COc1ccc([C@H]2[C@@H](O[C@]3(C)C[C@H]4[C@@H](C[C@H]3Br)C4(C)C)C(=O)N2c2ccc(OC)cc2)cc1. The molecule has 1 aliphatic heterocycles. The number of methoxy groups -OCH3 is 2. The number of nitrogens with zero attached hydrogens (tertiary/aromatic N) is 1. The van der Waals surface area contributed by atoms with Crippen LogP contribution < -0.4 is 14.4 Å². The topological polar surface area (TPSA) is 48.0 Å². The first-order chi connectivity index (χ1) is 15.7. The molecule has 0 aromatic heterocycles. The Kier molecular flexibility index (Phi) is 5.52. The lowest BCUT2D eigenvalue weighted by Crippen LogP contribution is -2.63. The van der Waals surface area contributed by atoms with E-state index in [0.29, 0.717) is 11.3 Å². The second-order valence-corrected chi connectivity index (χ2v) is 11.5. The van der Waals surface area contributed by atoms with Crippen molar-refractivity contribution in [2.45, 2.75) is 56.2 Å². The molecule has 5 nitrogen and oxygen atoms in total. The Morgan fingerprint density at radius 2 is 1.48 bits per heavy atom. The van der Waals surface area contributed by atoms with Crippen molar-refractivity contribution in [3.63, 3.8) is 0 Å². The summed E-state index contributed by atoms with van der Waals surface area (Å²) in [5.74, 6) is 2.95. The van der Waals surface area contributed by atoms with Gasteiger partial charge in [0.05, 0.1) is 25.9 Å². The first-order valence-corrected chi connectivity index (χ1v) is 12.5. The van der Waals surface area contributed by atoms with Crippen LogP contribution in [0, 0.1) is 17.3 Å². The van der Waals surface area contributed by atoms with Crippen molar-refractivity contribution >= 4 is 27.5 Å². The molecule has 0 N–H and O–H groups in total. The fraction of sp³-hybridized carbons (Fsp3) is 0.519. The Morgan fingerprint density at radius 3 is 2.06 bits per heavy atom. The van der Waals surface area contributed by atoms with Gasteiger partial charge in [0.15, 0.2) is 6.10 Å². The lowest BCUT2D eigenvalue weighted by molar-refractivity contribution is -0.164. The highest BCUT2D eigenvalue weighted by atomic mass is 79.9. The Hall–Kier alpha value is -2.05. The van der Waals surface area contributed by atoms with E-state index in [0.717, 1.165) is 41.5 Å². The van der Waals surface area contributed by atoms with Crippen LogP contribution >= 0.6 is 15.9 Å². The van der Waals surface area contributed by atoms with Gasteiger partial charge >= 0.3 is 0 Å². The highest BCUT2D eigenvalue weighted by Crippen LogP contribution is 2.68. The average molecular weight is 514 g/mol. The second kappa shape index (κ2) is 8.02. The molecule has 2 aliphatic carbocycles. The zero-order valence-corrected chi connectivity index (χ0v) is 21.5. The zero-order valence-electron chi connectivity index (χ0n) is 19.9. The maximum absolute atomic E-state index is 13.5. The number of hydrogen-bond donors (Lipinski definition) is 0. The first-order valence-electron chi connectivity index (χ1n) is 11.6. The van der Waals surface area contributed by atoms with Gasteiger partial charge in [-0.25, -0.2) is 0 Å². The Morgan fingerprint density at radius 1 is 0.909 bits per heavy atom. The van der Waals surface area contributed by atoms with Crippen LogP contribution in [0.5, 0.6) is 11.5 Å². The molecule has 1 saturated heterocycles. The van der Waals surface area contributed by atoms with Gasteiger partial charge in [0.1, 0.15) is 11.5 Å². The van der Waals surface area contributed by atoms with Crippen LogP contribution in [0.1, 0.15) is 45.2 Å². The number of halogens is 1. The summed E-state index contributed by atoms with van der Waals surface area (Å²) in [5, 5.41) is 0. The third-order valence-electron chi connectivity index (χ3n) is 8.29. The second-order valence-electron chi connectivity index (χ2n) is 10.4. The van der Waals surface area contributed by atoms with E-state index in [1.165, 1.54) is 0 Å². The molecular weight excluding hydrogens is 482 g/mol. The number of fused-ring (bicyclic) bond motifs is 1. The predicted octanol–water partition coefficient (Wildman–Crippen LogP) is 5.77. The molecule has 1 heterocycles. The van der Waals surface area contributed by atoms with E-state index in [2.05, 4.69) is 36.7 Å². The fourth-order valence-electron chi connectivity index (χ4n) is 5.91. The van der Waals surface area contributed by atoms with E-state index in [1.807, 2.05) is 53.4 Å². The van der Waals surface area contributed by atoms with Crippen molar-refractivity contribution in [2.24, 2.45) is 17.3 Å². The van der Waals surface area contributed by atoms with Crippen LogP contribution in [-0.2, 0) is 9.53 Å². The van der Waals surface area contributed by atoms with Crippen molar-refractivity contribution in [3.05, 3.63) is 54.1 Å². The molecule has 5 rings (SSSR count). The fourth-order valence-corrected chi connectivity index (χ4v) is 6.61. The number of ether oxygens (including phenoxy) is 3. The number of hydrogen-bond acceptors (Lipinski definition) is 4. The molecule has 2 aromatic carbocycles. The van der Waals surface area contributed by atoms with Crippen molar-refractivity contribution in [2.75, 3.05) is 19.1 Å². The number of benzene rings is 2. The van der Waals surface area contributed by atoms with Gasteiger partial charge in [-0.2, -0.15) is 0 Å². The summed E-state index contributed by atoms with van der Waals surface area (Å²) >= 11 is 3.92. The molecule has 0 spiro atoms. The lowest BCUT2D eigenvalue weighted by Gasteiger charge is -2.51. The molecule has 2 aromatic rings. The number of carbonyl (C=O) groups excluding carboxylic acids is 1. The van der Waals surface area contributed by atoms with Gasteiger partial charge < -0.3 is 14.2 Å².